The highest BCUT2D eigenvalue weighted by Crippen LogP contribution is 2.28. The zero-order valence-electron chi connectivity index (χ0n) is 17.1. The van der Waals surface area contributed by atoms with Crippen LogP contribution in [0.15, 0.2) is 79.4 Å². The zero-order chi connectivity index (χ0) is 22.1. The van der Waals surface area contributed by atoms with E-state index in [4.69, 9.17) is 4.74 Å². The maximum Gasteiger partial charge on any atom is 0.215 e. The van der Waals surface area contributed by atoms with E-state index in [2.05, 4.69) is 66.7 Å². The molecule has 0 aliphatic rings. The smallest absolute Gasteiger partial charge is 0.215 e. The molecule has 7 nitrogen and oxygen atoms in total. The number of rotatable bonds is 6. The minimum Gasteiger partial charge on any atom is -0.497 e. The first kappa shape index (κ1) is 20.4. The van der Waals surface area contributed by atoms with Crippen LogP contribution in [0, 0.1) is 3.57 Å². The van der Waals surface area contributed by atoms with Crippen LogP contribution >= 0.6 is 22.6 Å². The number of nitrogens with zero attached hydrogens (tertiary/aromatic N) is 5. The zero-order valence-corrected chi connectivity index (χ0v) is 19.3. The fourth-order valence-corrected chi connectivity index (χ4v) is 4.01. The molecule has 3 heterocycles. The minimum atomic E-state index is -0.148. The molecule has 0 bridgehead atoms. The van der Waals surface area contributed by atoms with Crippen molar-refractivity contribution < 1.29 is 9.53 Å². The Bertz CT molecular complexity index is 1410. The third-order valence-electron chi connectivity index (χ3n) is 5.25. The van der Waals surface area contributed by atoms with E-state index in [0.717, 1.165) is 22.2 Å². The molecular formula is C24H18IN5O2. The molecule has 0 saturated carbocycles. The van der Waals surface area contributed by atoms with E-state index < -0.39 is 0 Å². The number of halogens is 1. The van der Waals surface area contributed by atoms with Crippen molar-refractivity contribution in [3.63, 3.8) is 0 Å². The summed E-state index contributed by atoms with van der Waals surface area (Å²) in [4.78, 5) is 13.5. The van der Waals surface area contributed by atoms with Crippen molar-refractivity contribution in [3.05, 3.63) is 99.8 Å². The van der Waals surface area contributed by atoms with E-state index in [1.807, 2.05) is 24.4 Å². The van der Waals surface area contributed by atoms with Crippen molar-refractivity contribution in [2.75, 3.05) is 7.11 Å². The predicted octanol–water partition coefficient (Wildman–Crippen LogP) is 4.51. The number of carbonyl (C=O) groups is 1. The molecule has 0 aliphatic carbocycles. The number of benzene rings is 2. The topological polar surface area (TPSA) is 74.8 Å². The lowest BCUT2D eigenvalue weighted by Gasteiger charge is -2.06. The predicted molar refractivity (Wildman–Crippen MR) is 129 cm³/mol. The Kier molecular flexibility index (Phi) is 5.44. The van der Waals surface area contributed by atoms with Crippen LogP contribution in [0.1, 0.15) is 21.6 Å². The van der Waals surface area contributed by atoms with E-state index in [1.165, 1.54) is 3.57 Å². The Labute approximate surface area is 197 Å². The lowest BCUT2D eigenvalue weighted by atomic mass is 10.1. The molecule has 0 saturated heterocycles. The fourth-order valence-electron chi connectivity index (χ4n) is 3.65. The lowest BCUT2D eigenvalue weighted by molar-refractivity contribution is 0.103. The Hall–Kier alpha value is -3.53. The maximum atomic E-state index is 13.5. The largest absolute Gasteiger partial charge is 0.497 e. The number of fused-ring (bicyclic) bond motifs is 1. The summed E-state index contributed by atoms with van der Waals surface area (Å²) in [6, 6.07) is 17.7. The van der Waals surface area contributed by atoms with Crippen molar-refractivity contribution in [3.8, 4) is 11.4 Å². The average molecular weight is 535 g/mol. The molecule has 3 aromatic heterocycles. The van der Waals surface area contributed by atoms with E-state index in [1.54, 1.807) is 42.5 Å². The molecule has 0 aliphatic heterocycles. The molecule has 0 N–H and O–H groups in total. The number of ketones is 1. The number of ether oxygens (including phenoxy) is 1. The summed E-state index contributed by atoms with van der Waals surface area (Å²) < 4.78 is 10.3. The van der Waals surface area contributed by atoms with Gasteiger partial charge in [0.05, 0.1) is 25.2 Å². The van der Waals surface area contributed by atoms with Crippen molar-refractivity contribution in [1.82, 2.24) is 24.5 Å². The Morgan fingerprint density at radius 3 is 2.66 bits per heavy atom. The lowest BCUT2D eigenvalue weighted by Crippen LogP contribution is -2.04. The van der Waals surface area contributed by atoms with Crippen LogP contribution in [-0.2, 0) is 6.54 Å². The third kappa shape index (κ3) is 3.89. The minimum absolute atomic E-state index is 0.148. The van der Waals surface area contributed by atoms with Gasteiger partial charge in [0, 0.05) is 39.0 Å². The Morgan fingerprint density at radius 2 is 1.91 bits per heavy atom. The summed E-state index contributed by atoms with van der Waals surface area (Å²) in [5.41, 5.74) is 3.80. The van der Waals surface area contributed by atoms with Gasteiger partial charge >= 0.3 is 0 Å². The second kappa shape index (κ2) is 8.54. The van der Waals surface area contributed by atoms with Gasteiger partial charge in [-0.15, -0.1) is 0 Å². The van der Waals surface area contributed by atoms with Crippen LogP contribution in [0.4, 0.5) is 0 Å². The molecule has 158 valence electrons. The highest BCUT2D eigenvalue weighted by molar-refractivity contribution is 14.1. The van der Waals surface area contributed by atoms with Gasteiger partial charge in [-0.2, -0.15) is 15.3 Å². The van der Waals surface area contributed by atoms with Crippen LogP contribution in [-0.4, -0.2) is 37.4 Å². The molecule has 0 amide bonds. The van der Waals surface area contributed by atoms with Crippen LogP contribution in [0.3, 0.4) is 0 Å². The summed E-state index contributed by atoms with van der Waals surface area (Å²) >= 11 is 2.29. The standard InChI is InChI=1S/C24H18IN5O2/c1-32-19-6-7-23-20(12-19)21(15-29(23)14-16-2-4-17(25)5-3-16)24(31)22-9-11-30(28-22)18-8-10-26-27-13-18/h2-13,15H,14H2,1H3. The molecule has 5 rings (SSSR count). The molecule has 0 spiro atoms. The van der Waals surface area contributed by atoms with Crippen molar-refractivity contribution in [1.29, 1.82) is 0 Å². The van der Waals surface area contributed by atoms with Crippen molar-refractivity contribution in [2.24, 2.45) is 0 Å². The summed E-state index contributed by atoms with van der Waals surface area (Å²) in [5, 5.41) is 12.9. The number of carbonyl (C=O) groups excluding carboxylic acids is 1. The molecule has 5 aromatic rings. The van der Waals surface area contributed by atoms with E-state index in [9.17, 15) is 4.79 Å². The van der Waals surface area contributed by atoms with Gasteiger partial charge in [-0.25, -0.2) is 4.68 Å². The number of aromatic nitrogens is 5. The molecule has 8 heteroatoms. The molecule has 32 heavy (non-hydrogen) atoms. The first-order valence-corrected chi connectivity index (χ1v) is 11.0. The molecule has 0 atom stereocenters. The normalized spacial score (nSPS) is 11.1. The van der Waals surface area contributed by atoms with E-state index >= 15 is 0 Å². The van der Waals surface area contributed by atoms with Gasteiger partial charge in [-0.3, -0.25) is 4.79 Å². The first-order chi connectivity index (χ1) is 15.6. The second-order valence-electron chi connectivity index (χ2n) is 7.26. The molecule has 0 radical (unpaired) electrons. The second-order valence-corrected chi connectivity index (χ2v) is 8.50. The first-order valence-electron chi connectivity index (χ1n) is 9.91. The van der Waals surface area contributed by atoms with Gasteiger partial charge in [-0.05, 0) is 70.6 Å². The quantitative estimate of drug-likeness (QED) is 0.236. The van der Waals surface area contributed by atoms with Gasteiger partial charge in [0.25, 0.3) is 0 Å². The van der Waals surface area contributed by atoms with Gasteiger partial charge in [0.15, 0.2) is 0 Å². The van der Waals surface area contributed by atoms with Crippen LogP contribution in [0.2, 0.25) is 0 Å². The number of hydrogen-bond acceptors (Lipinski definition) is 5. The molecular weight excluding hydrogens is 517 g/mol. The Morgan fingerprint density at radius 1 is 1.06 bits per heavy atom. The van der Waals surface area contributed by atoms with Gasteiger partial charge < -0.3 is 9.30 Å². The number of hydrogen-bond donors (Lipinski definition) is 0. The monoisotopic (exact) mass is 535 g/mol. The van der Waals surface area contributed by atoms with Crippen molar-refractivity contribution in [2.45, 2.75) is 6.54 Å². The molecule has 0 fully saturated rings. The summed E-state index contributed by atoms with van der Waals surface area (Å²) in [6.07, 6.45) is 6.83. The summed E-state index contributed by atoms with van der Waals surface area (Å²) in [5.74, 6) is 0.553. The molecule has 2 aromatic carbocycles. The number of methoxy groups -OCH3 is 1. The highest BCUT2D eigenvalue weighted by atomic mass is 127. The summed E-state index contributed by atoms with van der Waals surface area (Å²) in [6.45, 7) is 0.657. The maximum absolute atomic E-state index is 13.5. The van der Waals surface area contributed by atoms with Gasteiger partial charge in [0.2, 0.25) is 5.78 Å². The van der Waals surface area contributed by atoms with Gasteiger partial charge in [-0.1, -0.05) is 12.1 Å². The SMILES string of the molecule is COc1ccc2c(c1)c(C(=O)c1ccn(-c3ccnnc3)n1)cn2Cc1ccc(I)cc1. The fraction of sp³-hybridized carbons (Fsp3) is 0.0833. The highest BCUT2D eigenvalue weighted by Gasteiger charge is 2.20. The average Bonchev–Trinajstić information content (AvgIpc) is 3.46. The Balaban J connectivity index is 1.56. The van der Waals surface area contributed by atoms with E-state index in [-0.39, 0.29) is 5.78 Å². The third-order valence-corrected chi connectivity index (χ3v) is 5.97. The summed E-state index contributed by atoms with van der Waals surface area (Å²) in [7, 11) is 1.62. The van der Waals surface area contributed by atoms with Crippen LogP contribution in [0.5, 0.6) is 5.75 Å². The van der Waals surface area contributed by atoms with Crippen molar-refractivity contribution >= 4 is 39.3 Å². The van der Waals surface area contributed by atoms with Crippen LogP contribution in [0.25, 0.3) is 16.6 Å². The molecule has 0 unspecified atom stereocenters. The van der Waals surface area contributed by atoms with E-state index in [0.29, 0.717) is 23.6 Å². The van der Waals surface area contributed by atoms with Gasteiger partial charge in [0.1, 0.15) is 11.4 Å². The van der Waals surface area contributed by atoms with Crippen LogP contribution < -0.4 is 4.74 Å².